The van der Waals surface area contributed by atoms with Crippen molar-refractivity contribution in [3.63, 3.8) is 0 Å². The highest BCUT2D eigenvalue weighted by atomic mass is 16.5. The number of nitrogens with zero attached hydrogens (tertiary/aromatic N) is 3. The highest BCUT2D eigenvalue weighted by molar-refractivity contribution is 5.76. The number of amides is 1. The molecule has 152 valence electrons. The molecule has 28 heavy (non-hydrogen) atoms. The zero-order chi connectivity index (χ0) is 20.0. The molecule has 0 aliphatic carbocycles. The first-order valence-corrected chi connectivity index (χ1v) is 9.97. The highest BCUT2D eigenvalue weighted by Crippen LogP contribution is 2.21. The summed E-state index contributed by atoms with van der Waals surface area (Å²) in [5.41, 5.74) is 0.825. The molecule has 0 unspecified atom stereocenters. The molecule has 7 heteroatoms. The summed E-state index contributed by atoms with van der Waals surface area (Å²) in [6.07, 6.45) is 4.55. The third-order valence-electron chi connectivity index (χ3n) is 5.31. The molecule has 2 aromatic rings. The predicted molar refractivity (Wildman–Crippen MR) is 107 cm³/mol. The van der Waals surface area contributed by atoms with Crippen molar-refractivity contribution in [3.05, 3.63) is 30.2 Å². The quantitative estimate of drug-likeness (QED) is 0.751. The number of carbonyl (C=O) groups is 1. The van der Waals surface area contributed by atoms with Gasteiger partial charge in [-0.1, -0.05) is 11.6 Å². The zero-order valence-corrected chi connectivity index (χ0v) is 17.0. The van der Waals surface area contributed by atoms with E-state index in [1.54, 1.807) is 7.11 Å². The molecule has 1 aromatic heterocycles. The number of rotatable bonds is 8. The van der Waals surface area contributed by atoms with E-state index in [-0.39, 0.29) is 11.4 Å². The van der Waals surface area contributed by atoms with Gasteiger partial charge in [0.1, 0.15) is 5.75 Å². The molecule has 0 spiro atoms. The van der Waals surface area contributed by atoms with Gasteiger partial charge < -0.3 is 14.6 Å². The molecule has 0 atom stereocenters. The molecule has 7 nitrogen and oxygen atoms in total. The largest absolute Gasteiger partial charge is 0.497 e. The van der Waals surface area contributed by atoms with E-state index in [4.69, 9.17) is 9.26 Å². The van der Waals surface area contributed by atoms with Crippen molar-refractivity contribution in [2.45, 2.75) is 51.5 Å². The Balaban J connectivity index is 1.46. The van der Waals surface area contributed by atoms with Gasteiger partial charge in [0, 0.05) is 30.5 Å². The Bertz CT molecular complexity index is 764. The van der Waals surface area contributed by atoms with Crippen LogP contribution in [-0.4, -0.2) is 53.2 Å². The maximum Gasteiger partial charge on any atom is 0.227 e. The van der Waals surface area contributed by atoms with Gasteiger partial charge in [0.2, 0.25) is 17.6 Å². The zero-order valence-electron chi connectivity index (χ0n) is 17.0. The number of piperidine rings is 1. The fraction of sp³-hybridized carbons (Fsp3) is 0.571. The van der Waals surface area contributed by atoms with Crippen LogP contribution in [-0.2, 0) is 11.2 Å². The SMILES string of the molecule is COc1ccc(-c2noc(CCC(=O)NCC(C)(C)N3CCCCC3)n2)cc1. The summed E-state index contributed by atoms with van der Waals surface area (Å²) in [6.45, 7) is 7.25. The van der Waals surface area contributed by atoms with E-state index in [9.17, 15) is 4.79 Å². The molecular weight excluding hydrogens is 356 g/mol. The molecule has 0 radical (unpaired) electrons. The molecule has 1 saturated heterocycles. The average molecular weight is 386 g/mol. The number of methoxy groups -OCH3 is 1. The average Bonchev–Trinajstić information content (AvgIpc) is 3.20. The molecule has 1 aliphatic heterocycles. The van der Waals surface area contributed by atoms with Gasteiger partial charge in [0.15, 0.2) is 0 Å². The first-order valence-electron chi connectivity index (χ1n) is 9.97. The summed E-state index contributed by atoms with van der Waals surface area (Å²) < 4.78 is 10.4. The number of ether oxygens (including phenoxy) is 1. The number of benzene rings is 1. The van der Waals surface area contributed by atoms with Crippen LogP contribution in [0.3, 0.4) is 0 Å². The van der Waals surface area contributed by atoms with E-state index in [2.05, 4.69) is 34.2 Å². The lowest BCUT2D eigenvalue weighted by molar-refractivity contribution is -0.121. The summed E-state index contributed by atoms with van der Waals surface area (Å²) in [5, 5.41) is 7.06. The number of aryl methyl sites for hydroxylation is 1. The monoisotopic (exact) mass is 386 g/mol. The second-order valence-corrected chi connectivity index (χ2v) is 7.88. The Morgan fingerprint density at radius 1 is 1.21 bits per heavy atom. The van der Waals surface area contributed by atoms with Crippen molar-refractivity contribution in [2.75, 3.05) is 26.7 Å². The molecule has 1 aliphatic rings. The Kier molecular flexibility index (Phi) is 6.67. The maximum atomic E-state index is 12.3. The fourth-order valence-electron chi connectivity index (χ4n) is 3.45. The minimum Gasteiger partial charge on any atom is -0.497 e. The third-order valence-corrected chi connectivity index (χ3v) is 5.31. The molecule has 1 aromatic carbocycles. The number of aromatic nitrogens is 2. The molecule has 3 rings (SSSR count). The Labute approximate surface area is 166 Å². The summed E-state index contributed by atoms with van der Waals surface area (Å²) in [4.78, 5) is 19.1. The van der Waals surface area contributed by atoms with Crippen molar-refractivity contribution in [1.29, 1.82) is 0 Å². The van der Waals surface area contributed by atoms with Gasteiger partial charge in [-0.05, 0) is 64.0 Å². The minimum absolute atomic E-state index is 0.00859. The van der Waals surface area contributed by atoms with Crippen LogP contribution in [0.15, 0.2) is 28.8 Å². The van der Waals surface area contributed by atoms with Crippen LogP contribution >= 0.6 is 0 Å². The van der Waals surface area contributed by atoms with Gasteiger partial charge in [-0.15, -0.1) is 0 Å². The summed E-state index contributed by atoms with van der Waals surface area (Å²) in [6, 6.07) is 7.46. The number of carbonyl (C=O) groups excluding carboxylic acids is 1. The molecule has 1 amide bonds. The van der Waals surface area contributed by atoms with Crippen molar-refractivity contribution in [1.82, 2.24) is 20.4 Å². The number of nitrogens with one attached hydrogen (secondary N) is 1. The highest BCUT2D eigenvalue weighted by Gasteiger charge is 2.28. The summed E-state index contributed by atoms with van der Waals surface area (Å²) in [7, 11) is 1.63. The van der Waals surface area contributed by atoms with Crippen molar-refractivity contribution in [2.24, 2.45) is 0 Å². The lowest BCUT2D eigenvalue weighted by Crippen LogP contribution is -2.53. The van der Waals surface area contributed by atoms with Gasteiger partial charge in [-0.2, -0.15) is 4.98 Å². The van der Waals surface area contributed by atoms with Crippen LogP contribution in [0, 0.1) is 0 Å². The molecule has 1 N–H and O–H groups in total. The lowest BCUT2D eigenvalue weighted by atomic mass is 9.98. The second kappa shape index (κ2) is 9.19. The van der Waals surface area contributed by atoms with Crippen LogP contribution in [0.1, 0.15) is 45.4 Å². The fourth-order valence-corrected chi connectivity index (χ4v) is 3.45. The first-order chi connectivity index (χ1) is 13.5. The first kappa shape index (κ1) is 20.3. The number of hydrogen-bond donors (Lipinski definition) is 1. The molecule has 1 fully saturated rings. The Hall–Kier alpha value is -2.41. The standard InChI is InChI=1S/C21H30N4O3/c1-21(2,25-13-5-4-6-14-25)15-22-18(26)11-12-19-23-20(24-28-19)16-7-9-17(27-3)10-8-16/h7-10H,4-6,11-15H2,1-3H3,(H,22,26). The van der Waals surface area contributed by atoms with Crippen LogP contribution in [0.4, 0.5) is 0 Å². The van der Waals surface area contributed by atoms with Gasteiger partial charge in [0.25, 0.3) is 0 Å². The van der Waals surface area contributed by atoms with Crippen LogP contribution in [0.5, 0.6) is 5.75 Å². The van der Waals surface area contributed by atoms with E-state index >= 15 is 0 Å². The van der Waals surface area contributed by atoms with Crippen molar-refractivity contribution >= 4 is 5.91 Å². The van der Waals surface area contributed by atoms with E-state index in [1.165, 1.54) is 19.3 Å². The number of hydrogen-bond acceptors (Lipinski definition) is 6. The van der Waals surface area contributed by atoms with E-state index < -0.39 is 0 Å². The van der Waals surface area contributed by atoms with Crippen molar-refractivity contribution in [3.8, 4) is 17.1 Å². The lowest BCUT2D eigenvalue weighted by Gasteiger charge is -2.41. The normalized spacial score (nSPS) is 15.4. The topological polar surface area (TPSA) is 80.5 Å². The summed E-state index contributed by atoms with van der Waals surface area (Å²) in [5.74, 6) is 1.77. The van der Waals surface area contributed by atoms with E-state index in [0.29, 0.717) is 31.1 Å². The Morgan fingerprint density at radius 3 is 2.61 bits per heavy atom. The van der Waals surface area contributed by atoms with Gasteiger partial charge in [-0.25, -0.2) is 0 Å². The smallest absolute Gasteiger partial charge is 0.227 e. The van der Waals surface area contributed by atoms with E-state index in [1.807, 2.05) is 24.3 Å². The molecule has 0 bridgehead atoms. The maximum absolute atomic E-state index is 12.3. The summed E-state index contributed by atoms with van der Waals surface area (Å²) >= 11 is 0. The van der Waals surface area contributed by atoms with Gasteiger partial charge in [0.05, 0.1) is 7.11 Å². The van der Waals surface area contributed by atoms with Gasteiger partial charge in [-0.3, -0.25) is 9.69 Å². The van der Waals surface area contributed by atoms with Gasteiger partial charge >= 0.3 is 0 Å². The Morgan fingerprint density at radius 2 is 1.93 bits per heavy atom. The molecule has 2 heterocycles. The van der Waals surface area contributed by atoms with E-state index in [0.717, 1.165) is 24.4 Å². The third kappa shape index (κ3) is 5.32. The second-order valence-electron chi connectivity index (χ2n) is 7.88. The molecular formula is C21H30N4O3. The minimum atomic E-state index is -0.0257. The molecule has 0 saturated carbocycles. The van der Waals surface area contributed by atoms with Crippen LogP contribution in [0.2, 0.25) is 0 Å². The number of likely N-dealkylation sites (tertiary alicyclic amines) is 1. The van der Waals surface area contributed by atoms with Crippen LogP contribution in [0.25, 0.3) is 11.4 Å². The van der Waals surface area contributed by atoms with Crippen molar-refractivity contribution < 1.29 is 14.1 Å². The van der Waals surface area contributed by atoms with Crippen LogP contribution < -0.4 is 10.1 Å². The predicted octanol–water partition coefficient (Wildman–Crippen LogP) is 3.06.